The number of thioether (sulfide) groups is 1. The highest BCUT2D eigenvalue weighted by molar-refractivity contribution is 7.98. The number of aliphatic hydroxyl groups excluding tert-OH is 1. The quantitative estimate of drug-likeness (QED) is 0.405. The summed E-state index contributed by atoms with van der Waals surface area (Å²) in [5.41, 5.74) is 0.119. The molecule has 0 saturated carbocycles. The first-order valence-corrected chi connectivity index (χ1v) is 12.3. The molecule has 0 amide bonds. The molecule has 0 aliphatic carbocycles. The fraction of sp³-hybridized carbons (Fsp3) is 0.474. The van der Waals surface area contributed by atoms with Gasteiger partial charge in [0.25, 0.3) is 0 Å². The van der Waals surface area contributed by atoms with Gasteiger partial charge in [0, 0.05) is 43.6 Å². The number of likely N-dealkylation sites (N-methyl/N-ethyl adjacent to an activating group) is 1. The second kappa shape index (κ2) is 10.7. The average Bonchev–Trinajstić information content (AvgIpc) is 2.74. The molecule has 0 spiro atoms. The Labute approximate surface area is 190 Å². The van der Waals surface area contributed by atoms with Gasteiger partial charge in [-0.1, -0.05) is 23.9 Å². The van der Waals surface area contributed by atoms with Gasteiger partial charge in [0.1, 0.15) is 11.9 Å². The van der Waals surface area contributed by atoms with Gasteiger partial charge in [-0.05, 0) is 20.0 Å². The number of rotatable bonds is 9. The molecule has 13 heteroatoms. The minimum atomic E-state index is -3.86. The largest absolute Gasteiger partial charge is 0.472 e. The van der Waals surface area contributed by atoms with Crippen LogP contribution in [0.15, 0.2) is 29.4 Å². The fourth-order valence-electron chi connectivity index (χ4n) is 2.85. The van der Waals surface area contributed by atoms with Crippen molar-refractivity contribution in [3.8, 4) is 5.88 Å². The summed E-state index contributed by atoms with van der Waals surface area (Å²) in [5, 5.41) is 9.35. The summed E-state index contributed by atoms with van der Waals surface area (Å²) >= 11 is 0.995. The number of nitrogens with one attached hydrogen (secondary N) is 1. The summed E-state index contributed by atoms with van der Waals surface area (Å²) in [7, 11) is -1.95. The molecule has 1 aliphatic rings. The van der Waals surface area contributed by atoms with E-state index >= 15 is 0 Å². The third-order valence-electron chi connectivity index (χ3n) is 4.69. The van der Waals surface area contributed by atoms with Gasteiger partial charge < -0.3 is 14.7 Å². The van der Waals surface area contributed by atoms with E-state index in [0.717, 1.165) is 17.8 Å². The maximum absolute atomic E-state index is 14.0. The second-order valence-corrected chi connectivity index (χ2v) is 9.91. The molecule has 1 atom stereocenters. The molecular weight excluding hydrogens is 464 g/mol. The van der Waals surface area contributed by atoms with E-state index in [1.165, 1.54) is 22.5 Å². The number of anilines is 1. The Bertz CT molecular complexity index is 1040. The lowest BCUT2D eigenvalue weighted by Crippen LogP contribution is -2.48. The van der Waals surface area contributed by atoms with Crippen molar-refractivity contribution < 1.29 is 27.0 Å². The summed E-state index contributed by atoms with van der Waals surface area (Å²) in [6, 6.07) is 5.17. The van der Waals surface area contributed by atoms with E-state index in [0.29, 0.717) is 26.2 Å². The van der Waals surface area contributed by atoms with Crippen LogP contribution < -0.4 is 9.46 Å². The molecule has 32 heavy (non-hydrogen) atoms. The molecule has 9 nitrogen and oxygen atoms in total. The molecule has 3 rings (SSSR count). The molecule has 2 N–H and O–H groups in total. The Morgan fingerprint density at radius 1 is 1.25 bits per heavy atom. The van der Waals surface area contributed by atoms with Crippen molar-refractivity contribution in [1.82, 2.24) is 19.2 Å². The zero-order valence-electron chi connectivity index (χ0n) is 17.7. The lowest BCUT2D eigenvalue weighted by molar-refractivity contribution is 0.124. The van der Waals surface area contributed by atoms with Gasteiger partial charge in [-0.25, -0.2) is 13.8 Å². The van der Waals surface area contributed by atoms with E-state index in [2.05, 4.69) is 14.7 Å². The highest BCUT2D eigenvalue weighted by Gasteiger charge is 2.26. The maximum atomic E-state index is 14.0. The number of aromatic nitrogens is 2. The molecule has 1 aromatic heterocycles. The molecule has 1 saturated heterocycles. The van der Waals surface area contributed by atoms with Crippen LogP contribution in [-0.4, -0.2) is 78.6 Å². The van der Waals surface area contributed by atoms with E-state index < -0.39 is 27.9 Å². The van der Waals surface area contributed by atoms with Crippen LogP contribution in [0.25, 0.3) is 0 Å². The van der Waals surface area contributed by atoms with Crippen molar-refractivity contribution >= 4 is 27.8 Å². The van der Waals surface area contributed by atoms with E-state index in [-0.39, 0.29) is 34.8 Å². The zero-order valence-corrected chi connectivity index (χ0v) is 19.3. The minimum absolute atomic E-state index is 0.0211. The van der Waals surface area contributed by atoms with Crippen LogP contribution in [0.5, 0.6) is 5.88 Å². The van der Waals surface area contributed by atoms with Gasteiger partial charge in [0.2, 0.25) is 5.88 Å². The molecule has 1 aromatic carbocycles. The van der Waals surface area contributed by atoms with E-state index in [1.807, 2.05) is 11.9 Å². The zero-order chi connectivity index (χ0) is 23.3. The third-order valence-corrected chi connectivity index (χ3v) is 7.09. The minimum Gasteiger partial charge on any atom is -0.472 e. The van der Waals surface area contributed by atoms with E-state index in [4.69, 9.17) is 4.74 Å². The van der Waals surface area contributed by atoms with Crippen LogP contribution in [0.2, 0.25) is 0 Å². The van der Waals surface area contributed by atoms with E-state index in [1.54, 1.807) is 6.92 Å². The summed E-state index contributed by atoms with van der Waals surface area (Å²) in [6.45, 7) is 3.22. The number of halogens is 2. The first-order chi connectivity index (χ1) is 15.2. The van der Waals surface area contributed by atoms with Crippen molar-refractivity contribution in [3.63, 3.8) is 0 Å². The number of hydrogen-bond acceptors (Lipinski definition) is 8. The van der Waals surface area contributed by atoms with Gasteiger partial charge in [-0.2, -0.15) is 17.7 Å². The van der Waals surface area contributed by atoms with Gasteiger partial charge in [0.05, 0.1) is 6.61 Å². The first kappa shape index (κ1) is 24.6. The monoisotopic (exact) mass is 489 g/mol. The Kier molecular flexibility index (Phi) is 8.22. The molecule has 1 fully saturated rings. The summed E-state index contributed by atoms with van der Waals surface area (Å²) in [4.78, 5) is 10.4. The Hall–Kier alpha value is -2.06. The second-order valence-electron chi connectivity index (χ2n) is 7.30. The number of ether oxygens (including phenoxy) is 1. The Balaban J connectivity index is 1.81. The number of hydrogen-bond donors (Lipinski definition) is 2. The van der Waals surface area contributed by atoms with Gasteiger partial charge >= 0.3 is 10.2 Å². The van der Waals surface area contributed by atoms with Crippen LogP contribution >= 0.6 is 11.8 Å². The molecular formula is C19H25F2N5O4S2. The number of benzene rings is 1. The number of piperazine rings is 1. The molecule has 0 bridgehead atoms. The van der Waals surface area contributed by atoms with Gasteiger partial charge in [-0.3, -0.25) is 4.72 Å². The van der Waals surface area contributed by atoms with Crippen molar-refractivity contribution in [1.29, 1.82) is 0 Å². The first-order valence-electron chi connectivity index (χ1n) is 9.86. The molecule has 1 aliphatic heterocycles. The standard InChI is InChI=1S/C19H25F2N5O4S2/c1-13(11-27)30-17-10-16(24-32(28,29)26-8-6-25(2)7-9-26)22-19(23-17)31-12-14-4-3-5-15(20)18(14)21/h3-5,10,13,27H,6-9,11-12H2,1-2H3,(H,22,23,24)/t13-/m1/s1. The van der Waals surface area contributed by atoms with Crippen molar-refractivity contribution in [2.75, 3.05) is 44.6 Å². The average molecular weight is 490 g/mol. The number of nitrogens with zero attached hydrogens (tertiary/aromatic N) is 4. The molecule has 0 unspecified atom stereocenters. The number of aliphatic hydroxyl groups is 1. The van der Waals surface area contributed by atoms with Crippen LogP contribution in [0.1, 0.15) is 12.5 Å². The molecule has 0 radical (unpaired) electrons. The molecule has 2 aromatic rings. The lowest BCUT2D eigenvalue weighted by Gasteiger charge is -2.31. The smallest absolute Gasteiger partial charge is 0.302 e. The predicted octanol–water partition coefficient (Wildman–Crippen LogP) is 1.71. The lowest BCUT2D eigenvalue weighted by atomic mass is 10.2. The predicted molar refractivity (Wildman–Crippen MR) is 117 cm³/mol. The highest BCUT2D eigenvalue weighted by atomic mass is 32.2. The summed E-state index contributed by atoms with van der Waals surface area (Å²) in [6.07, 6.45) is -0.592. The highest BCUT2D eigenvalue weighted by Crippen LogP contribution is 2.26. The summed E-state index contributed by atoms with van der Waals surface area (Å²) < 4.78 is 62.2. The SMILES string of the molecule is C[C@H](CO)Oc1cc(NS(=O)(=O)N2CCN(C)CC2)nc(SCc2cccc(F)c2F)n1. The summed E-state index contributed by atoms with van der Waals surface area (Å²) in [5.74, 6) is -1.88. The molecule has 176 valence electrons. The van der Waals surface area contributed by atoms with Crippen LogP contribution in [0, 0.1) is 11.6 Å². The third kappa shape index (κ3) is 6.48. The van der Waals surface area contributed by atoms with Crippen LogP contribution in [0.3, 0.4) is 0 Å². The van der Waals surface area contributed by atoms with Gasteiger partial charge in [-0.15, -0.1) is 0 Å². The topological polar surface area (TPSA) is 108 Å². The Morgan fingerprint density at radius 2 is 1.97 bits per heavy atom. The van der Waals surface area contributed by atoms with Crippen LogP contribution in [-0.2, 0) is 16.0 Å². The maximum Gasteiger partial charge on any atom is 0.302 e. The van der Waals surface area contributed by atoms with Crippen molar-refractivity contribution in [2.45, 2.75) is 23.9 Å². The Morgan fingerprint density at radius 3 is 2.66 bits per heavy atom. The fourth-order valence-corrected chi connectivity index (χ4v) is 4.82. The van der Waals surface area contributed by atoms with E-state index in [9.17, 15) is 22.3 Å². The van der Waals surface area contributed by atoms with Crippen LogP contribution in [0.4, 0.5) is 14.6 Å². The molecule has 2 heterocycles. The van der Waals surface area contributed by atoms with Crippen molar-refractivity contribution in [2.24, 2.45) is 0 Å². The van der Waals surface area contributed by atoms with Gasteiger partial charge in [0.15, 0.2) is 16.8 Å². The normalized spacial score (nSPS) is 16.7. The van der Waals surface area contributed by atoms with Crippen molar-refractivity contribution in [3.05, 3.63) is 41.5 Å².